The molecule has 0 saturated heterocycles. The first-order chi connectivity index (χ1) is 10.5. The molecule has 0 bridgehead atoms. The van der Waals surface area contributed by atoms with Gasteiger partial charge in [-0.1, -0.05) is 18.2 Å². The van der Waals surface area contributed by atoms with Crippen LogP contribution in [0.3, 0.4) is 0 Å². The number of benzene rings is 1. The lowest BCUT2D eigenvalue weighted by Gasteiger charge is -2.09. The van der Waals surface area contributed by atoms with Crippen molar-refractivity contribution in [3.8, 4) is 0 Å². The molecule has 1 aromatic carbocycles. The van der Waals surface area contributed by atoms with Crippen LogP contribution in [0.4, 0.5) is 0 Å². The van der Waals surface area contributed by atoms with E-state index < -0.39 is 5.91 Å². The molecule has 0 aliphatic carbocycles. The van der Waals surface area contributed by atoms with Gasteiger partial charge in [0.1, 0.15) is 0 Å². The molecular formula is C15H17N3O4. The number of nitrogens with one attached hydrogen (secondary N) is 2. The molecule has 0 aliphatic heterocycles. The lowest BCUT2D eigenvalue weighted by molar-refractivity contribution is -0.147. The lowest BCUT2D eigenvalue weighted by atomic mass is 10.1. The zero-order valence-corrected chi connectivity index (χ0v) is 12.4. The van der Waals surface area contributed by atoms with Crippen molar-refractivity contribution in [3.63, 3.8) is 0 Å². The monoisotopic (exact) mass is 303 g/mol. The maximum Gasteiger partial charge on any atom is 0.307 e. The summed E-state index contributed by atoms with van der Waals surface area (Å²) in [5.41, 5.74) is -0.236. The minimum atomic E-state index is -0.454. The molecule has 0 radical (unpaired) electrons. The quantitative estimate of drug-likeness (QED) is 0.802. The maximum atomic E-state index is 12.1. The van der Waals surface area contributed by atoms with Gasteiger partial charge in [-0.15, -0.1) is 0 Å². The summed E-state index contributed by atoms with van der Waals surface area (Å²) in [6, 6.07) is 6.70. The molecule has 2 rings (SSSR count). The van der Waals surface area contributed by atoms with Gasteiger partial charge in [-0.3, -0.25) is 14.4 Å². The van der Waals surface area contributed by atoms with Crippen LogP contribution in [0.5, 0.6) is 0 Å². The Bertz CT molecular complexity index is 752. The number of aromatic amines is 1. The van der Waals surface area contributed by atoms with Crippen LogP contribution in [0.2, 0.25) is 0 Å². The molecule has 0 unspecified atom stereocenters. The van der Waals surface area contributed by atoms with Crippen LogP contribution in [0.15, 0.2) is 29.1 Å². The normalized spacial score (nSPS) is 10.7. The molecular weight excluding hydrogens is 286 g/mol. The summed E-state index contributed by atoms with van der Waals surface area (Å²) in [5.74, 6) is -0.834. The van der Waals surface area contributed by atoms with Crippen molar-refractivity contribution in [2.75, 3.05) is 6.54 Å². The van der Waals surface area contributed by atoms with Crippen molar-refractivity contribution in [2.24, 2.45) is 0 Å². The predicted molar refractivity (Wildman–Crippen MR) is 80.5 cm³/mol. The summed E-state index contributed by atoms with van der Waals surface area (Å²) in [7, 11) is 0. The number of esters is 1. The van der Waals surface area contributed by atoms with E-state index in [0.717, 1.165) is 0 Å². The molecule has 7 heteroatoms. The molecule has 1 amide bonds. The molecule has 2 N–H and O–H groups in total. The first-order valence-corrected chi connectivity index (χ1v) is 6.94. The lowest BCUT2D eigenvalue weighted by Crippen LogP contribution is -2.29. The number of hydrogen-bond donors (Lipinski definition) is 2. The number of hydrogen-bond acceptors (Lipinski definition) is 5. The van der Waals surface area contributed by atoms with Gasteiger partial charge in [0.2, 0.25) is 0 Å². The number of amides is 1. The number of aromatic nitrogens is 2. The molecule has 7 nitrogen and oxygen atoms in total. The average molecular weight is 303 g/mol. The zero-order valence-electron chi connectivity index (χ0n) is 12.4. The standard InChI is InChI=1S/C15H17N3O4/c1-9(2)22-12(19)7-8-16-15(21)13-10-5-3-4-6-11(10)14(20)18-17-13/h3-6,9H,7-8H2,1-2H3,(H,16,21)(H,18,20). The van der Waals surface area contributed by atoms with Crippen LogP contribution in [0, 0.1) is 0 Å². The number of nitrogens with zero attached hydrogens (tertiary/aromatic N) is 1. The van der Waals surface area contributed by atoms with Gasteiger partial charge >= 0.3 is 5.97 Å². The van der Waals surface area contributed by atoms with E-state index in [1.165, 1.54) is 0 Å². The molecule has 1 aromatic heterocycles. The van der Waals surface area contributed by atoms with E-state index in [9.17, 15) is 14.4 Å². The summed E-state index contributed by atoms with van der Waals surface area (Å²) in [6.07, 6.45) is -0.112. The zero-order chi connectivity index (χ0) is 16.1. The second kappa shape index (κ2) is 6.84. The predicted octanol–water partition coefficient (Wildman–Crippen LogP) is 0.995. The highest BCUT2D eigenvalue weighted by molar-refractivity contribution is 6.04. The Morgan fingerprint density at radius 2 is 1.95 bits per heavy atom. The van der Waals surface area contributed by atoms with Gasteiger partial charge in [0.15, 0.2) is 5.69 Å². The maximum absolute atomic E-state index is 12.1. The van der Waals surface area contributed by atoms with Gasteiger partial charge in [-0.25, -0.2) is 5.10 Å². The minimum Gasteiger partial charge on any atom is -0.463 e. The molecule has 22 heavy (non-hydrogen) atoms. The van der Waals surface area contributed by atoms with Crippen LogP contribution in [0.25, 0.3) is 10.8 Å². The molecule has 0 saturated carbocycles. The first kappa shape index (κ1) is 15.7. The number of H-pyrrole nitrogens is 1. The summed E-state index contributed by atoms with van der Waals surface area (Å²) >= 11 is 0. The Hall–Kier alpha value is -2.70. The Labute approximate surface area is 126 Å². The Kier molecular flexibility index (Phi) is 4.88. The van der Waals surface area contributed by atoms with Crippen molar-refractivity contribution in [3.05, 3.63) is 40.3 Å². The van der Waals surface area contributed by atoms with Crippen molar-refractivity contribution < 1.29 is 14.3 Å². The van der Waals surface area contributed by atoms with Gasteiger partial charge in [0, 0.05) is 11.9 Å². The van der Waals surface area contributed by atoms with E-state index in [1.807, 2.05) is 0 Å². The topological polar surface area (TPSA) is 101 Å². The molecule has 0 atom stereocenters. The van der Waals surface area contributed by atoms with Crippen LogP contribution in [0.1, 0.15) is 30.8 Å². The van der Waals surface area contributed by atoms with Gasteiger partial charge in [-0.05, 0) is 19.9 Å². The molecule has 2 aromatic rings. The van der Waals surface area contributed by atoms with Gasteiger partial charge in [0.05, 0.1) is 17.9 Å². The number of carbonyl (C=O) groups is 2. The van der Waals surface area contributed by atoms with E-state index in [0.29, 0.717) is 10.8 Å². The second-order valence-electron chi connectivity index (χ2n) is 4.99. The van der Waals surface area contributed by atoms with Crippen LogP contribution < -0.4 is 10.9 Å². The fourth-order valence-electron chi connectivity index (χ4n) is 1.97. The van der Waals surface area contributed by atoms with E-state index in [-0.39, 0.29) is 36.3 Å². The summed E-state index contributed by atoms with van der Waals surface area (Å²) in [4.78, 5) is 35.2. The van der Waals surface area contributed by atoms with Crippen molar-refractivity contribution >= 4 is 22.6 Å². The molecule has 0 aliphatic rings. The highest BCUT2D eigenvalue weighted by atomic mass is 16.5. The van der Waals surface area contributed by atoms with Crippen molar-refractivity contribution in [1.82, 2.24) is 15.5 Å². The van der Waals surface area contributed by atoms with Gasteiger partial charge in [-0.2, -0.15) is 5.10 Å². The van der Waals surface area contributed by atoms with E-state index >= 15 is 0 Å². The third-order valence-corrected chi connectivity index (χ3v) is 2.89. The highest BCUT2D eigenvalue weighted by Crippen LogP contribution is 2.11. The van der Waals surface area contributed by atoms with Gasteiger partial charge in [0.25, 0.3) is 11.5 Å². The Morgan fingerprint density at radius 1 is 1.27 bits per heavy atom. The van der Waals surface area contributed by atoms with E-state index in [4.69, 9.17) is 4.74 Å². The van der Waals surface area contributed by atoms with Crippen LogP contribution >= 0.6 is 0 Å². The number of carbonyl (C=O) groups excluding carboxylic acids is 2. The van der Waals surface area contributed by atoms with E-state index in [2.05, 4.69) is 15.5 Å². The summed E-state index contributed by atoms with van der Waals surface area (Å²) < 4.78 is 4.97. The number of rotatable bonds is 5. The molecule has 0 spiro atoms. The van der Waals surface area contributed by atoms with Crippen LogP contribution in [-0.4, -0.2) is 34.7 Å². The fraction of sp³-hybridized carbons (Fsp3) is 0.333. The number of ether oxygens (including phenoxy) is 1. The van der Waals surface area contributed by atoms with Crippen molar-refractivity contribution in [1.29, 1.82) is 0 Å². The Morgan fingerprint density at radius 3 is 2.64 bits per heavy atom. The second-order valence-corrected chi connectivity index (χ2v) is 4.99. The molecule has 116 valence electrons. The average Bonchev–Trinajstić information content (AvgIpc) is 2.47. The molecule has 1 heterocycles. The summed E-state index contributed by atoms with van der Waals surface area (Å²) in [6.45, 7) is 3.65. The Balaban J connectivity index is 2.06. The molecule has 0 fully saturated rings. The van der Waals surface area contributed by atoms with Crippen LogP contribution in [-0.2, 0) is 9.53 Å². The van der Waals surface area contributed by atoms with Crippen molar-refractivity contribution in [2.45, 2.75) is 26.4 Å². The third-order valence-electron chi connectivity index (χ3n) is 2.89. The smallest absolute Gasteiger partial charge is 0.307 e. The minimum absolute atomic E-state index is 0.0746. The largest absolute Gasteiger partial charge is 0.463 e. The van der Waals surface area contributed by atoms with Gasteiger partial charge < -0.3 is 10.1 Å². The third kappa shape index (κ3) is 3.69. The SMILES string of the molecule is CC(C)OC(=O)CCNC(=O)c1n[nH]c(=O)c2ccccc12. The van der Waals surface area contributed by atoms with E-state index in [1.54, 1.807) is 38.1 Å². The number of fused-ring (bicyclic) bond motifs is 1. The first-order valence-electron chi connectivity index (χ1n) is 6.94. The summed E-state index contributed by atoms with van der Waals surface area (Å²) in [5, 5.41) is 9.53. The highest BCUT2D eigenvalue weighted by Gasteiger charge is 2.14. The fourth-order valence-corrected chi connectivity index (χ4v) is 1.97.